The monoisotopic (exact) mass is 517 g/mol. The lowest BCUT2D eigenvalue weighted by atomic mass is 10.1. The number of carbonyl (C=O) groups is 1. The average molecular weight is 518 g/mol. The molecule has 0 aliphatic carbocycles. The molecule has 5 rings (SSSR count). The average Bonchev–Trinajstić information content (AvgIpc) is 3.31. The van der Waals surface area contributed by atoms with Gasteiger partial charge in [0.2, 0.25) is 5.17 Å². The van der Waals surface area contributed by atoms with Crippen LogP contribution in [-0.2, 0) is 4.79 Å². The molecule has 0 saturated heterocycles. The SMILES string of the molecule is Cc1ccccc1OCCOc1ccc(C=C2C(=N)N3N=C(c4cccnc4)SC3=NC2=O)cc1Cl. The van der Waals surface area contributed by atoms with Crippen molar-refractivity contribution in [1.82, 2.24) is 9.99 Å². The lowest BCUT2D eigenvalue weighted by Crippen LogP contribution is -2.35. The van der Waals surface area contributed by atoms with E-state index in [2.05, 4.69) is 15.1 Å². The van der Waals surface area contributed by atoms with Crippen LogP contribution in [0.5, 0.6) is 11.5 Å². The lowest BCUT2D eigenvalue weighted by molar-refractivity contribution is -0.114. The third kappa shape index (κ3) is 5.02. The Balaban J connectivity index is 1.26. The summed E-state index contributed by atoms with van der Waals surface area (Å²) in [4.78, 5) is 20.9. The largest absolute Gasteiger partial charge is 0.490 e. The van der Waals surface area contributed by atoms with Gasteiger partial charge in [-0.1, -0.05) is 35.9 Å². The first kappa shape index (κ1) is 23.8. The maximum absolute atomic E-state index is 12.7. The number of amides is 1. The fraction of sp³-hybridized carbons (Fsp3) is 0.115. The smallest absolute Gasteiger partial charge is 0.283 e. The molecule has 0 radical (unpaired) electrons. The number of thioether (sulfide) groups is 1. The summed E-state index contributed by atoms with van der Waals surface area (Å²) in [7, 11) is 0. The highest BCUT2D eigenvalue weighted by Crippen LogP contribution is 2.32. The van der Waals surface area contributed by atoms with Crippen LogP contribution in [0.3, 0.4) is 0 Å². The number of para-hydroxylation sites is 1. The van der Waals surface area contributed by atoms with Gasteiger partial charge >= 0.3 is 0 Å². The third-order valence-electron chi connectivity index (χ3n) is 5.32. The van der Waals surface area contributed by atoms with E-state index in [4.69, 9.17) is 26.5 Å². The maximum atomic E-state index is 12.7. The van der Waals surface area contributed by atoms with Gasteiger partial charge < -0.3 is 9.47 Å². The molecule has 1 amide bonds. The van der Waals surface area contributed by atoms with Crippen LogP contribution in [0.15, 0.2) is 82.7 Å². The zero-order chi connectivity index (χ0) is 25.1. The van der Waals surface area contributed by atoms with E-state index in [0.29, 0.717) is 39.8 Å². The highest BCUT2D eigenvalue weighted by atomic mass is 35.5. The van der Waals surface area contributed by atoms with Crippen LogP contribution in [0, 0.1) is 12.3 Å². The Kier molecular flexibility index (Phi) is 6.84. The Morgan fingerprint density at radius 2 is 1.89 bits per heavy atom. The second-order valence-electron chi connectivity index (χ2n) is 7.82. The molecule has 3 heterocycles. The van der Waals surface area contributed by atoms with Gasteiger partial charge in [0.25, 0.3) is 5.91 Å². The standard InChI is InChI=1S/C26H20ClN5O3S/c1-16-5-2-3-7-21(16)34-11-12-35-22-9-8-17(14-20(22)27)13-19-23(28)32-26(30-24(19)33)36-25(31-32)18-6-4-10-29-15-18/h2-10,13-15,28H,11-12H2,1H3. The van der Waals surface area contributed by atoms with Crippen molar-refractivity contribution in [2.45, 2.75) is 6.92 Å². The first-order chi connectivity index (χ1) is 17.5. The number of nitrogens with zero attached hydrogens (tertiary/aromatic N) is 4. The number of aryl methyl sites for hydroxylation is 1. The lowest BCUT2D eigenvalue weighted by Gasteiger charge is -2.20. The molecule has 3 aromatic rings. The number of hydrazone groups is 1. The molecule has 2 aliphatic rings. The highest BCUT2D eigenvalue weighted by Gasteiger charge is 2.36. The van der Waals surface area contributed by atoms with E-state index < -0.39 is 5.91 Å². The van der Waals surface area contributed by atoms with Crippen LogP contribution in [0.25, 0.3) is 6.08 Å². The Morgan fingerprint density at radius 3 is 2.64 bits per heavy atom. The van der Waals surface area contributed by atoms with E-state index in [1.165, 1.54) is 16.8 Å². The maximum Gasteiger partial charge on any atom is 0.283 e. The van der Waals surface area contributed by atoms with Crippen LogP contribution in [0.4, 0.5) is 0 Å². The predicted octanol–water partition coefficient (Wildman–Crippen LogP) is 5.17. The molecule has 2 aromatic carbocycles. The molecule has 0 fully saturated rings. The summed E-state index contributed by atoms with van der Waals surface area (Å²) in [5.74, 6) is 0.750. The number of fused-ring (bicyclic) bond motifs is 1. The Hall–Kier alpha value is -3.95. The third-order valence-corrected chi connectivity index (χ3v) is 6.57. The number of hydrogen-bond acceptors (Lipinski definition) is 7. The van der Waals surface area contributed by atoms with Crippen molar-refractivity contribution in [3.63, 3.8) is 0 Å². The molecule has 0 saturated carbocycles. The summed E-state index contributed by atoms with van der Waals surface area (Å²) in [5, 5.41) is 15.7. The van der Waals surface area contributed by atoms with Crippen LogP contribution < -0.4 is 9.47 Å². The Bertz CT molecular complexity index is 1440. The van der Waals surface area contributed by atoms with Crippen molar-refractivity contribution in [3.05, 3.63) is 94.3 Å². The van der Waals surface area contributed by atoms with E-state index in [1.54, 1.807) is 42.7 Å². The molecule has 1 N–H and O–H groups in total. The minimum absolute atomic E-state index is 0.0545. The number of halogens is 1. The number of hydrogen-bond donors (Lipinski definition) is 1. The van der Waals surface area contributed by atoms with Gasteiger partial charge in [-0.05, 0) is 66.2 Å². The van der Waals surface area contributed by atoms with Gasteiger partial charge in [-0.3, -0.25) is 15.2 Å². The van der Waals surface area contributed by atoms with E-state index in [-0.39, 0.29) is 11.4 Å². The normalized spacial score (nSPS) is 16.1. The Labute approximate surface area is 216 Å². The van der Waals surface area contributed by atoms with Gasteiger partial charge in [-0.25, -0.2) is 0 Å². The van der Waals surface area contributed by atoms with Gasteiger partial charge in [-0.2, -0.15) is 15.1 Å². The second kappa shape index (κ2) is 10.3. The number of aliphatic imine (C=N–C) groups is 1. The second-order valence-corrected chi connectivity index (χ2v) is 9.18. The fourth-order valence-corrected chi connectivity index (χ4v) is 4.63. The summed E-state index contributed by atoms with van der Waals surface area (Å²) < 4.78 is 11.5. The summed E-state index contributed by atoms with van der Waals surface area (Å²) in [5.41, 5.74) is 2.60. The van der Waals surface area contributed by atoms with Gasteiger partial charge in [0.1, 0.15) is 29.8 Å². The summed E-state index contributed by atoms with van der Waals surface area (Å²) in [6, 6.07) is 16.6. The number of rotatable bonds is 7. The summed E-state index contributed by atoms with van der Waals surface area (Å²) in [6.45, 7) is 2.67. The molecule has 180 valence electrons. The van der Waals surface area contributed by atoms with E-state index in [0.717, 1.165) is 16.9 Å². The number of pyridine rings is 1. The van der Waals surface area contributed by atoms with Crippen molar-refractivity contribution in [3.8, 4) is 11.5 Å². The molecular formula is C26H20ClN5O3S. The number of amidine groups is 2. The molecule has 8 nitrogen and oxygen atoms in total. The van der Waals surface area contributed by atoms with Crippen molar-refractivity contribution in [2.75, 3.05) is 13.2 Å². The quantitative estimate of drug-likeness (QED) is 0.343. The highest BCUT2D eigenvalue weighted by molar-refractivity contribution is 8.27. The van der Waals surface area contributed by atoms with Crippen molar-refractivity contribution in [2.24, 2.45) is 10.1 Å². The minimum atomic E-state index is -0.508. The molecular weight excluding hydrogens is 498 g/mol. The predicted molar refractivity (Wildman–Crippen MR) is 142 cm³/mol. The summed E-state index contributed by atoms with van der Waals surface area (Å²) >= 11 is 7.64. The van der Waals surface area contributed by atoms with E-state index in [9.17, 15) is 4.79 Å². The van der Waals surface area contributed by atoms with Crippen molar-refractivity contribution in [1.29, 1.82) is 5.41 Å². The van der Waals surface area contributed by atoms with Crippen molar-refractivity contribution >= 4 is 51.4 Å². The van der Waals surface area contributed by atoms with Gasteiger partial charge in [0.05, 0.1) is 10.6 Å². The van der Waals surface area contributed by atoms with Gasteiger partial charge in [-0.15, -0.1) is 0 Å². The number of ether oxygens (including phenoxy) is 2. The van der Waals surface area contributed by atoms with Gasteiger partial charge in [0.15, 0.2) is 5.84 Å². The van der Waals surface area contributed by atoms with Crippen molar-refractivity contribution < 1.29 is 14.3 Å². The molecule has 10 heteroatoms. The molecule has 1 aromatic heterocycles. The molecule has 0 spiro atoms. The fourth-order valence-electron chi connectivity index (χ4n) is 3.51. The zero-order valence-corrected chi connectivity index (χ0v) is 20.7. The zero-order valence-electron chi connectivity index (χ0n) is 19.1. The molecule has 2 aliphatic heterocycles. The van der Waals surface area contributed by atoms with E-state index >= 15 is 0 Å². The number of carbonyl (C=O) groups excluding carboxylic acids is 1. The van der Waals surface area contributed by atoms with Gasteiger partial charge in [0, 0.05) is 18.0 Å². The molecule has 0 bridgehead atoms. The van der Waals surface area contributed by atoms with Crippen LogP contribution in [0.1, 0.15) is 16.7 Å². The van der Waals surface area contributed by atoms with Crippen LogP contribution in [0.2, 0.25) is 5.02 Å². The summed E-state index contributed by atoms with van der Waals surface area (Å²) in [6.07, 6.45) is 4.92. The Morgan fingerprint density at radius 1 is 1.08 bits per heavy atom. The number of aromatic nitrogens is 1. The number of benzene rings is 2. The molecule has 0 atom stereocenters. The first-order valence-electron chi connectivity index (χ1n) is 11.0. The minimum Gasteiger partial charge on any atom is -0.490 e. The van der Waals surface area contributed by atoms with Crippen LogP contribution in [-0.4, -0.2) is 45.2 Å². The molecule has 36 heavy (non-hydrogen) atoms. The topological polar surface area (TPSA) is 100 Å². The molecule has 0 unspecified atom stereocenters. The number of nitrogens with one attached hydrogen (secondary N) is 1. The van der Waals surface area contributed by atoms with E-state index in [1.807, 2.05) is 37.3 Å². The van der Waals surface area contributed by atoms with Crippen LogP contribution >= 0.6 is 23.4 Å². The first-order valence-corrected chi connectivity index (χ1v) is 12.2.